The molecule has 8 nitrogen and oxygen atoms in total. The van der Waals surface area contributed by atoms with E-state index in [9.17, 15) is 22.4 Å². The van der Waals surface area contributed by atoms with Gasteiger partial charge in [-0.25, -0.2) is 18.3 Å². The standard InChI is InChI=1S/C19H23FN2O6S/c1-12-9-13(5-6-16(12)28-3)14-10-17(23)22(11-15(14)20)8-7-19(2,18(24)21-25)29(4,26)27/h5-6,9-11,25H,7-8H2,1-4H3,(H,21,24)/t19-/m1/s1. The smallest absolute Gasteiger partial charge is 0.264 e. The van der Waals surface area contributed by atoms with Crippen molar-refractivity contribution in [3.63, 3.8) is 0 Å². The third kappa shape index (κ3) is 4.48. The van der Waals surface area contributed by atoms with E-state index in [1.807, 2.05) is 0 Å². The van der Waals surface area contributed by atoms with Crippen molar-refractivity contribution in [2.24, 2.45) is 0 Å². The highest BCUT2D eigenvalue weighted by Gasteiger charge is 2.43. The van der Waals surface area contributed by atoms with Crippen LogP contribution in [0.2, 0.25) is 0 Å². The summed E-state index contributed by atoms with van der Waals surface area (Å²) in [7, 11) is -2.41. The van der Waals surface area contributed by atoms with Gasteiger partial charge in [0, 0.05) is 30.6 Å². The second-order valence-corrected chi connectivity index (χ2v) is 9.39. The molecular weight excluding hydrogens is 403 g/mol. The van der Waals surface area contributed by atoms with E-state index in [0.29, 0.717) is 11.3 Å². The van der Waals surface area contributed by atoms with Crippen molar-refractivity contribution in [1.82, 2.24) is 10.0 Å². The molecule has 1 aromatic carbocycles. The summed E-state index contributed by atoms with van der Waals surface area (Å²) in [6.07, 6.45) is 1.48. The van der Waals surface area contributed by atoms with Gasteiger partial charge in [-0.05, 0) is 43.5 Å². The van der Waals surface area contributed by atoms with Crippen molar-refractivity contribution in [3.8, 4) is 16.9 Å². The Labute approximate surface area is 167 Å². The number of hydrogen-bond donors (Lipinski definition) is 2. The predicted molar refractivity (Wildman–Crippen MR) is 105 cm³/mol. The molecule has 158 valence electrons. The molecule has 0 bridgehead atoms. The lowest BCUT2D eigenvalue weighted by molar-refractivity contribution is -0.131. The Morgan fingerprint density at radius 3 is 2.52 bits per heavy atom. The van der Waals surface area contributed by atoms with Gasteiger partial charge < -0.3 is 9.30 Å². The van der Waals surface area contributed by atoms with E-state index in [1.54, 1.807) is 25.1 Å². The molecule has 2 rings (SSSR count). The summed E-state index contributed by atoms with van der Waals surface area (Å²) in [4.78, 5) is 24.3. The average molecular weight is 426 g/mol. The zero-order valence-corrected chi connectivity index (χ0v) is 17.3. The molecule has 2 aromatic rings. The van der Waals surface area contributed by atoms with Crippen molar-refractivity contribution >= 4 is 15.7 Å². The molecule has 0 radical (unpaired) electrons. The number of aryl methyl sites for hydroxylation is 2. The second kappa shape index (κ2) is 8.34. The molecular formula is C19H23FN2O6S. The number of pyridine rings is 1. The number of carbonyl (C=O) groups is 1. The molecule has 0 saturated carbocycles. The largest absolute Gasteiger partial charge is 0.496 e. The fourth-order valence-corrected chi connectivity index (χ4v) is 3.75. The number of benzene rings is 1. The summed E-state index contributed by atoms with van der Waals surface area (Å²) in [5, 5.41) is 8.85. The van der Waals surface area contributed by atoms with Gasteiger partial charge in [0.05, 0.1) is 7.11 Å². The van der Waals surface area contributed by atoms with Crippen molar-refractivity contribution in [2.75, 3.05) is 13.4 Å². The van der Waals surface area contributed by atoms with Gasteiger partial charge in [-0.2, -0.15) is 0 Å². The van der Waals surface area contributed by atoms with Crippen LogP contribution in [0, 0.1) is 12.7 Å². The number of amides is 1. The van der Waals surface area contributed by atoms with Crippen LogP contribution >= 0.6 is 0 Å². The number of nitrogens with zero attached hydrogens (tertiary/aromatic N) is 1. The van der Waals surface area contributed by atoms with Gasteiger partial charge in [0.15, 0.2) is 14.6 Å². The molecule has 0 saturated heterocycles. The number of methoxy groups -OCH3 is 1. The van der Waals surface area contributed by atoms with Crippen LogP contribution in [0.5, 0.6) is 5.75 Å². The van der Waals surface area contributed by atoms with Gasteiger partial charge >= 0.3 is 0 Å². The van der Waals surface area contributed by atoms with Gasteiger partial charge in [-0.1, -0.05) is 6.07 Å². The summed E-state index contributed by atoms with van der Waals surface area (Å²) >= 11 is 0. The summed E-state index contributed by atoms with van der Waals surface area (Å²) < 4.78 is 42.9. The molecule has 29 heavy (non-hydrogen) atoms. The van der Waals surface area contributed by atoms with E-state index >= 15 is 0 Å². The Bertz CT molecular complexity index is 1100. The molecule has 1 aromatic heterocycles. The molecule has 1 heterocycles. The molecule has 0 spiro atoms. The fraction of sp³-hybridized carbons (Fsp3) is 0.368. The Kier molecular flexibility index (Phi) is 6.49. The van der Waals surface area contributed by atoms with E-state index in [-0.39, 0.29) is 18.5 Å². The minimum absolute atomic E-state index is 0.0935. The van der Waals surface area contributed by atoms with Crippen molar-refractivity contribution < 1.29 is 27.5 Å². The normalized spacial score (nSPS) is 13.6. The first-order chi connectivity index (χ1) is 13.4. The Balaban J connectivity index is 2.38. The van der Waals surface area contributed by atoms with Crippen molar-refractivity contribution in [2.45, 2.75) is 31.6 Å². The maximum Gasteiger partial charge on any atom is 0.264 e. The van der Waals surface area contributed by atoms with Gasteiger partial charge in [-0.15, -0.1) is 0 Å². The molecule has 1 atom stereocenters. The Hall–Kier alpha value is -2.72. The van der Waals surface area contributed by atoms with E-state index in [1.165, 1.54) is 12.6 Å². The molecule has 2 N–H and O–H groups in total. The first-order valence-corrected chi connectivity index (χ1v) is 10.5. The van der Waals surface area contributed by atoms with Crippen LogP contribution in [-0.2, 0) is 21.2 Å². The quantitative estimate of drug-likeness (QED) is 0.514. The third-order valence-corrected chi connectivity index (χ3v) is 7.04. The van der Waals surface area contributed by atoms with Crippen LogP contribution in [0.4, 0.5) is 4.39 Å². The third-order valence-electron chi connectivity index (χ3n) is 5.01. The molecule has 0 aliphatic rings. The zero-order valence-electron chi connectivity index (χ0n) is 16.5. The first-order valence-electron chi connectivity index (χ1n) is 8.63. The maximum atomic E-state index is 14.7. The molecule has 10 heteroatoms. The van der Waals surface area contributed by atoms with Crippen LogP contribution < -0.4 is 15.8 Å². The van der Waals surface area contributed by atoms with Gasteiger partial charge in [0.25, 0.3) is 11.5 Å². The molecule has 0 unspecified atom stereocenters. The molecule has 1 amide bonds. The van der Waals surface area contributed by atoms with E-state index < -0.39 is 31.9 Å². The van der Waals surface area contributed by atoms with Crippen LogP contribution in [0.25, 0.3) is 11.1 Å². The first kappa shape index (κ1) is 22.6. The van der Waals surface area contributed by atoms with Crippen LogP contribution in [0.1, 0.15) is 18.9 Å². The van der Waals surface area contributed by atoms with E-state index in [4.69, 9.17) is 9.94 Å². The number of nitrogens with one attached hydrogen (secondary N) is 1. The molecule has 0 aliphatic heterocycles. The number of carbonyl (C=O) groups excluding carboxylic acids is 1. The number of ether oxygens (including phenoxy) is 1. The summed E-state index contributed by atoms with van der Waals surface area (Å²) in [5.41, 5.74) is 2.13. The lowest BCUT2D eigenvalue weighted by Crippen LogP contribution is -2.50. The molecule has 0 fully saturated rings. The highest BCUT2D eigenvalue weighted by atomic mass is 32.2. The average Bonchev–Trinajstić information content (AvgIpc) is 2.66. The topological polar surface area (TPSA) is 115 Å². The maximum absolute atomic E-state index is 14.7. The Morgan fingerprint density at radius 2 is 2.00 bits per heavy atom. The monoisotopic (exact) mass is 426 g/mol. The lowest BCUT2D eigenvalue weighted by atomic mass is 10.0. The SMILES string of the molecule is COc1ccc(-c2cc(=O)n(CC[C@](C)(C(=O)NO)S(C)(=O)=O)cc2F)cc1C. The fourth-order valence-electron chi connectivity index (χ4n) is 2.91. The number of rotatable bonds is 7. The van der Waals surface area contributed by atoms with Gasteiger partial charge in [0.2, 0.25) is 0 Å². The summed E-state index contributed by atoms with van der Waals surface area (Å²) in [6, 6.07) is 6.09. The highest BCUT2D eigenvalue weighted by molar-refractivity contribution is 7.92. The highest BCUT2D eigenvalue weighted by Crippen LogP contribution is 2.27. The summed E-state index contributed by atoms with van der Waals surface area (Å²) in [6.45, 7) is 2.68. The van der Waals surface area contributed by atoms with Gasteiger partial charge in [-0.3, -0.25) is 14.8 Å². The van der Waals surface area contributed by atoms with Crippen LogP contribution in [0.3, 0.4) is 0 Å². The molecule has 0 aliphatic carbocycles. The lowest BCUT2D eigenvalue weighted by Gasteiger charge is -2.25. The van der Waals surface area contributed by atoms with Crippen LogP contribution in [0.15, 0.2) is 35.3 Å². The summed E-state index contributed by atoms with van der Waals surface area (Å²) in [5.74, 6) is -1.18. The van der Waals surface area contributed by atoms with E-state index in [2.05, 4.69) is 0 Å². The van der Waals surface area contributed by atoms with E-state index in [0.717, 1.165) is 35.6 Å². The van der Waals surface area contributed by atoms with Crippen molar-refractivity contribution in [3.05, 3.63) is 52.2 Å². The predicted octanol–water partition coefficient (Wildman–Crippen LogP) is 1.67. The number of sulfone groups is 1. The van der Waals surface area contributed by atoms with Crippen molar-refractivity contribution in [1.29, 1.82) is 0 Å². The number of halogens is 1. The minimum Gasteiger partial charge on any atom is -0.496 e. The number of hydrogen-bond acceptors (Lipinski definition) is 6. The second-order valence-electron chi connectivity index (χ2n) is 6.95. The number of hydroxylamine groups is 1. The minimum atomic E-state index is -3.92. The van der Waals surface area contributed by atoms with Gasteiger partial charge in [0.1, 0.15) is 11.6 Å². The zero-order chi connectivity index (χ0) is 22.0. The van der Waals surface area contributed by atoms with Crippen LogP contribution in [-0.4, -0.2) is 42.2 Å². The number of aromatic nitrogens is 1. The Morgan fingerprint density at radius 1 is 1.34 bits per heavy atom.